The standard InChI is InChI=1S/C20H14ClFN4O3/c1-25(14-8-4-12(21)5-9-14)19(29)18-17(11-2-6-13(22)7-3-11)24-20-23-15(27)10-16(28)26(18)20/h2-10,28H,1H3,(H,23,24,27). The number of imidazole rings is 1. The number of nitrogens with zero attached hydrogens (tertiary/aromatic N) is 3. The quantitative estimate of drug-likeness (QED) is 0.539. The summed E-state index contributed by atoms with van der Waals surface area (Å²) in [4.78, 5) is 33.2. The second kappa shape index (κ2) is 7.06. The van der Waals surface area contributed by atoms with Gasteiger partial charge in [0.25, 0.3) is 11.5 Å². The molecule has 0 aliphatic heterocycles. The molecule has 0 saturated heterocycles. The zero-order valence-corrected chi connectivity index (χ0v) is 15.8. The molecule has 0 saturated carbocycles. The SMILES string of the molecule is CN(C(=O)c1c(-c2ccc(F)cc2)nc2[nH]c(=O)cc(O)n12)c1ccc(Cl)cc1. The van der Waals surface area contributed by atoms with E-state index in [1.165, 1.54) is 29.2 Å². The molecule has 146 valence electrons. The number of hydrogen-bond acceptors (Lipinski definition) is 4. The first kappa shape index (κ1) is 18.7. The molecule has 4 rings (SSSR count). The van der Waals surface area contributed by atoms with Gasteiger partial charge < -0.3 is 10.0 Å². The van der Waals surface area contributed by atoms with Crippen LogP contribution in [0.4, 0.5) is 10.1 Å². The number of amides is 1. The topological polar surface area (TPSA) is 90.7 Å². The number of anilines is 1. The largest absolute Gasteiger partial charge is 0.494 e. The molecule has 9 heteroatoms. The van der Waals surface area contributed by atoms with Gasteiger partial charge in [-0.25, -0.2) is 13.8 Å². The van der Waals surface area contributed by atoms with E-state index < -0.39 is 23.2 Å². The summed E-state index contributed by atoms with van der Waals surface area (Å²) in [6.07, 6.45) is 0. The molecular weight excluding hydrogens is 399 g/mol. The Morgan fingerprint density at radius 2 is 1.83 bits per heavy atom. The first-order chi connectivity index (χ1) is 13.8. The summed E-state index contributed by atoms with van der Waals surface area (Å²) in [5.74, 6) is -1.40. The molecule has 0 unspecified atom stereocenters. The molecule has 2 aromatic carbocycles. The van der Waals surface area contributed by atoms with Crippen LogP contribution in [-0.4, -0.2) is 32.4 Å². The van der Waals surface area contributed by atoms with Crippen molar-refractivity contribution in [2.45, 2.75) is 0 Å². The molecule has 2 N–H and O–H groups in total. The van der Waals surface area contributed by atoms with Crippen molar-refractivity contribution in [2.24, 2.45) is 0 Å². The van der Waals surface area contributed by atoms with Crippen LogP contribution in [-0.2, 0) is 0 Å². The Labute approximate surface area is 168 Å². The lowest BCUT2D eigenvalue weighted by molar-refractivity contribution is 0.0987. The zero-order chi connectivity index (χ0) is 20.7. The molecule has 0 aliphatic carbocycles. The van der Waals surface area contributed by atoms with Gasteiger partial charge in [0.05, 0.1) is 6.07 Å². The van der Waals surface area contributed by atoms with Crippen molar-refractivity contribution in [1.29, 1.82) is 0 Å². The van der Waals surface area contributed by atoms with E-state index in [9.17, 15) is 19.1 Å². The minimum atomic E-state index is -0.573. The smallest absolute Gasteiger partial charge is 0.277 e. The third-order valence-corrected chi connectivity index (χ3v) is 4.69. The maximum absolute atomic E-state index is 13.4. The number of aromatic nitrogens is 3. The van der Waals surface area contributed by atoms with Gasteiger partial charge in [-0.15, -0.1) is 0 Å². The van der Waals surface area contributed by atoms with Gasteiger partial charge in [0.1, 0.15) is 17.2 Å². The van der Waals surface area contributed by atoms with Crippen LogP contribution in [0.5, 0.6) is 5.88 Å². The monoisotopic (exact) mass is 412 g/mol. The molecule has 29 heavy (non-hydrogen) atoms. The summed E-state index contributed by atoms with van der Waals surface area (Å²) in [7, 11) is 1.56. The highest BCUT2D eigenvalue weighted by molar-refractivity contribution is 6.30. The summed E-state index contributed by atoms with van der Waals surface area (Å²) in [5.41, 5.74) is 0.632. The van der Waals surface area contributed by atoms with Crippen LogP contribution in [0, 0.1) is 5.82 Å². The van der Waals surface area contributed by atoms with Crippen molar-refractivity contribution in [2.75, 3.05) is 11.9 Å². The van der Waals surface area contributed by atoms with Gasteiger partial charge in [-0.2, -0.15) is 0 Å². The number of benzene rings is 2. The summed E-state index contributed by atoms with van der Waals surface area (Å²) in [5, 5.41) is 10.8. The predicted molar refractivity (Wildman–Crippen MR) is 107 cm³/mol. The highest BCUT2D eigenvalue weighted by atomic mass is 35.5. The van der Waals surface area contributed by atoms with Crippen molar-refractivity contribution in [3.05, 3.63) is 81.5 Å². The Kier molecular flexibility index (Phi) is 4.56. The zero-order valence-electron chi connectivity index (χ0n) is 15.1. The van der Waals surface area contributed by atoms with Gasteiger partial charge in [0, 0.05) is 23.3 Å². The second-order valence-electron chi connectivity index (χ2n) is 6.31. The van der Waals surface area contributed by atoms with Gasteiger partial charge in [-0.3, -0.25) is 14.6 Å². The van der Waals surface area contributed by atoms with Crippen LogP contribution in [0.1, 0.15) is 10.5 Å². The Morgan fingerprint density at radius 1 is 1.17 bits per heavy atom. The van der Waals surface area contributed by atoms with E-state index in [4.69, 9.17) is 11.6 Å². The Balaban J connectivity index is 1.94. The minimum Gasteiger partial charge on any atom is -0.494 e. The Bertz CT molecular complexity index is 1280. The molecule has 7 nitrogen and oxygen atoms in total. The van der Waals surface area contributed by atoms with Crippen LogP contribution in [0.15, 0.2) is 59.4 Å². The molecule has 0 bridgehead atoms. The minimum absolute atomic E-state index is 0.0119. The third-order valence-electron chi connectivity index (χ3n) is 4.44. The number of halogens is 2. The fraction of sp³-hybridized carbons (Fsp3) is 0.0500. The predicted octanol–water partition coefficient (Wildman–Crippen LogP) is 3.46. The van der Waals surface area contributed by atoms with Crippen molar-refractivity contribution in [3.63, 3.8) is 0 Å². The number of rotatable bonds is 3. The average molecular weight is 413 g/mol. The van der Waals surface area contributed by atoms with E-state index in [1.54, 1.807) is 31.3 Å². The summed E-state index contributed by atoms with van der Waals surface area (Å²) < 4.78 is 14.5. The number of aromatic hydroxyl groups is 1. The van der Waals surface area contributed by atoms with E-state index in [0.29, 0.717) is 16.3 Å². The van der Waals surface area contributed by atoms with E-state index in [0.717, 1.165) is 10.5 Å². The molecular formula is C20H14ClFN4O3. The second-order valence-corrected chi connectivity index (χ2v) is 6.74. The fourth-order valence-corrected chi connectivity index (χ4v) is 3.13. The molecule has 2 aromatic heterocycles. The molecule has 0 aliphatic rings. The third kappa shape index (κ3) is 3.34. The van der Waals surface area contributed by atoms with Crippen LogP contribution in [0.2, 0.25) is 5.02 Å². The number of H-pyrrole nitrogens is 1. The number of carbonyl (C=O) groups excluding carboxylic acids is 1. The first-order valence-electron chi connectivity index (χ1n) is 8.49. The lowest BCUT2D eigenvalue weighted by Crippen LogP contribution is -2.28. The first-order valence-corrected chi connectivity index (χ1v) is 8.87. The van der Waals surface area contributed by atoms with Gasteiger partial charge >= 0.3 is 0 Å². The van der Waals surface area contributed by atoms with Crippen molar-refractivity contribution < 1.29 is 14.3 Å². The Morgan fingerprint density at radius 3 is 2.48 bits per heavy atom. The van der Waals surface area contributed by atoms with Crippen molar-refractivity contribution in [1.82, 2.24) is 14.4 Å². The molecule has 4 aromatic rings. The molecule has 1 amide bonds. The molecule has 2 heterocycles. The molecule has 0 radical (unpaired) electrons. The number of nitrogens with one attached hydrogen (secondary N) is 1. The lowest BCUT2D eigenvalue weighted by atomic mass is 10.1. The highest BCUT2D eigenvalue weighted by Crippen LogP contribution is 2.29. The van der Waals surface area contributed by atoms with E-state index in [1.807, 2.05) is 0 Å². The van der Waals surface area contributed by atoms with E-state index >= 15 is 0 Å². The van der Waals surface area contributed by atoms with Gasteiger partial charge in [0.2, 0.25) is 11.7 Å². The average Bonchev–Trinajstić information content (AvgIpc) is 3.07. The van der Waals surface area contributed by atoms with Crippen molar-refractivity contribution >= 4 is 29.0 Å². The fourth-order valence-electron chi connectivity index (χ4n) is 3.00. The summed E-state index contributed by atoms with van der Waals surface area (Å²) in [6.45, 7) is 0. The maximum Gasteiger partial charge on any atom is 0.277 e. The molecule has 0 fully saturated rings. The van der Waals surface area contributed by atoms with Gasteiger partial charge in [-0.05, 0) is 48.5 Å². The van der Waals surface area contributed by atoms with Crippen LogP contribution in [0.25, 0.3) is 17.0 Å². The summed E-state index contributed by atoms with van der Waals surface area (Å²) in [6, 6.07) is 13.0. The number of fused-ring (bicyclic) bond motifs is 1. The normalized spacial score (nSPS) is 11.0. The van der Waals surface area contributed by atoms with Crippen molar-refractivity contribution in [3.8, 4) is 17.1 Å². The number of hydrogen-bond donors (Lipinski definition) is 2. The van der Waals surface area contributed by atoms with Crippen LogP contribution >= 0.6 is 11.6 Å². The molecule has 0 spiro atoms. The van der Waals surface area contributed by atoms with E-state index in [2.05, 4.69) is 9.97 Å². The van der Waals surface area contributed by atoms with Gasteiger partial charge in [0.15, 0.2) is 0 Å². The highest BCUT2D eigenvalue weighted by Gasteiger charge is 2.26. The summed E-state index contributed by atoms with van der Waals surface area (Å²) >= 11 is 5.91. The van der Waals surface area contributed by atoms with Crippen LogP contribution < -0.4 is 10.5 Å². The molecule has 0 atom stereocenters. The lowest BCUT2D eigenvalue weighted by Gasteiger charge is -2.18. The van der Waals surface area contributed by atoms with E-state index in [-0.39, 0.29) is 17.2 Å². The van der Waals surface area contributed by atoms with Gasteiger partial charge in [-0.1, -0.05) is 11.6 Å². The Hall–Kier alpha value is -3.65. The maximum atomic E-state index is 13.4. The number of carbonyl (C=O) groups is 1. The van der Waals surface area contributed by atoms with Crippen LogP contribution in [0.3, 0.4) is 0 Å². The number of aromatic amines is 1.